The van der Waals surface area contributed by atoms with Crippen molar-refractivity contribution in [2.24, 2.45) is 0 Å². The average molecular weight is 276 g/mol. The first kappa shape index (κ1) is 14.9. The van der Waals surface area contributed by atoms with Crippen molar-refractivity contribution < 1.29 is 9.90 Å². The summed E-state index contributed by atoms with van der Waals surface area (Å²) >= 11 is 0. The molecule has 4 nitrogen and oxygen atoms in total. The van der Waals surface area contributed by atoms with E-state index in [4.69, 9.17) is 5.11 Å². The minimum Gasteiger partial charge on any atom is -0.394 e. The molecule has 0 aliphatic heterocycles. The van der Waals surface area contributed by atoms with Gasteiger partial charge in [0.2, 0.25) is 0 Å². The zero-order valence-corrected chi connectivity index (χ0v) is 12.2. The number of aliphatic hydroxyl groups excluding tert-OH is 1. The van der Waals surface area contributed by atoms with Crippen LogP contribution in [0.1, 0.15) is 43.2 Å². The molecule has 0 aromatic heterocycles. The lowest BCUT2D eigenvalue weighted by atomic mass is 9.74. The second kappa shape index (κ2) is 6.75. The first-order valence-corrected chi connectivity index (χ1v) is 7.37. The van der Waals surface area contributed by atoms with Crippen LogP contribution in [-0.4, -0.2) is 29.8 Å². The van der Waals surface area contributed by atoms with Gasteiger partial charge in [-0.15, -0.1) is 0 Å². The van der Waals surface area contributed by atoms with Crippen LogP contribution < -0.4 is 10.6 Å². The monoisotopic (exact) mass is 276 g/mol. The number of urea groups is 1. The van der Waals surface area contributed by atoms with Crippen LogP contribution >= 0.6 is 0 Å². The van der Waals surface area contributed by atoms with E-state index >= 15 is 0 Å². The molecule has 0 saturated heterocycles. The zero-order valence-electron chi connectivity index (χ0n) is 12.2. The van der Waals surface area contributed by atoms with Crippen LogP contribution in [0.2, 0.25) is 0 Å². The maximum atomic E-state index is 11.8. The SMILES string of the molecule is CC[C@@H](CO)NC(=O)NC1CC(c2ccccc2C)C1. The molecule has 0 heterocycles. The highest BCUT2D eigenvalue weighted by molar-refractivity contribution is 5.74. The van der Waals surface area contributed by atoms with Gasteiger partial charge in [-0.25, -0.2) is 4.79 Å². The van der Waals surface area contributed by atoms with Crippen molar-refractivity contribution in [2.75, 3.05) is 6.61 Å². The van der Waals surface area contributed by atoms with Gasteiger partial charge in [0.15, 0.2) is 0 Å². The molecule has 0 radical (unpaired) electrons. The summed E-state index contributed by atoms with van der Waals surface area (Å²) in [5.41, 5.74) is 2.72. The van der Waals surface area contributed by atoms with E-state index in [2.05, 4.69) is 41.8 Å². The van der Waals surface area contributed by atoms with E-state index in [-0.39, 0.29) is 24.7 Å². The summed E-state index contributed by atoms with van der Waals surface area (Å²) in [6, 6.07) is 8.37. The van der Waals surface area contributed by atoms with Gasteiger partial charge in [0, 0.05) is 6.04 Å². The van der Waals surface area contributed by atoms with E-state index in [1.54, 1.807) is 0 Å². The normalized spacial score (nSPS) is 22.8. The Kier molecular flexibility index (Phi) is 5.01. The van der Waals surface area contributed by atoms with Gasteiger partial charge in [0.05, 0.1) is 12.6 Å². The van der Waals surface area contributed by atoms with E-state index in [0.717, 1.165) is 19.3 Å². The highest BCUT2D eigenvalue weighted by Gasteiger charge is 2.32. The minimum atomic E-state index is -0.167. The van der Waals surface area contributed by atoms with Crippen molar-refractivity contribution >= 4 is 6.03 Å². The molecule has 3 N–H and O–H groups in total. The summed E-state index contributed by atoms with van der Waals surface area (Å²) in [4.78, 5) is 11.8. The van der Waals surface area contributed by atoms with Crippen LogP contribution in [-0.2, 0) is 0 Å². The van der Waals surface area contributed by atoms with Gasteiger partial charge >= 0.3 is 6.03 Å². The molecule has 0 bridgehead atoms. The maximum absolute atomic E-state index is 11.8. The standard InChI is InChI=1S/C16H24N2O2/c1-3-13(10-19)17-16(20)18-14-8-12(9-14)15-7-5-4-6-11(15)2/h4-7,12-14,19H,3,8-10H2,1-2H3,(H2,17,18,20)/t12?,13-,14?/m0/s1. The van der Waals surface area contributed by atoms with Gasteiger partial charge < -0.3 is 15.7 Å². The number of hydrogen-bond acceptors (Lipinski definition) is 2. The number of aliphatic hydroxyl groups is 1. The van der Waals surface area contributed by atoms with Gasteiger partial charge in [0.25, 0.3) is 0 Å². The van der Waals surface area contributed by atoms with Crippen molar-refractivity contribution in [1.29, 1.82) is 0 Å². The molecular formula is C16H24N2O2. The maximum Gasteiger partial charge on any atom is 0.315 e. The number of nitrogens with one attached hydrogen (secondary N) is 2. The van der Waals surface area contributed by atoms with Gasteiger partial charge in [-0.1, -0.05) is 31.2 Å². The topological polar surface area (TPSA) is 61.4 Å². The van der Waals surface area contributed by atoms with Crippen LogP contribution in [0, 0.1) is 6.92 Å². The summed E-state index contributed by atoms with van der Waals surface area (Å²) < 4.78 is 0. The Morgan fingerprint density at radius 3 is 2.70 bits per heavy atom. The lowest BCUT2D eigenvalue weighted by Crippen LogP contribution is -2.50. The number of amides is 2. The van der Waals surface area contributed by atoms with Crippen molar-refractivity contribution in [2.45, 2.75) is 51.1 Å². The molecule has 20 heavy (non-hydrogen) atoms. The fourth-order valence-corrected chi connectivity index (χ4v) is 2.72. The number of aryl methyl sites for hydroxylation is 1. The molecule has 1 aromatic rings. The highest BCUT2D eigenvalue weighted by Crippen LogP contribution is 2.38. The third-order valence-corrected chi connectivity index (χ3v) is 4.15. The molecule has 4 heteroatoms. The predicted molar refractivity (Wildman–Crippen MR) is 79.8 cm³/mol. The summed E-state index contributed by atoms with van der Waals surface area (Å²) in [7, 11) is 0. The van der Waals surface area contributed by atoms with E-state index in [0.29, 0.717) is 5.92 Å². The van der Waals surface area contributed by atoms with Crippen LogP contribution in [0.15, 0.2) is 24.3 Å². The molecule has 2 rings (SSSR count). The molecule has 1 aliphatic rings. The van der Waals surface area contributed by atoms with Gasteiger partial charge in [-0.05, 0) is 43.2 Å². The summed E-state index contributed by atoms with van der Waals surface area (Å²) in [6.07, 6.45) is 2.73. The second-order valence-corrected chi connectivity index (χ2v) is 5.63. The van der Waals surface area contributed by atoms with Crippen molar-refractivity contribution in [3.05, 3.63) is 35.4 Å². The Balaban J connectivity index is 1.77. The summed E-state index contributed by atoms with van der Waals surface area (Å²) in [6.45, 7) is 4.06. The van der Waals surface area contributed by atoms with Gasteiger partial charge in [-0.3, -0.25) is 0 Å². The van der Waals surface area contributed by atoms with Crippen LogP contribution in [0.4, 0.5) is 4.79 Å². The number of hydrogen-bond donors (Lipinski definition) is 3. The summed E-state index contributed by atoms with van der Waals surface area (Å²) in [5, 5.41) is 14.8. The zero-order chi connectivity index (χ0) is 14.5. The lowest BCUT2D eigenvalue weighted by molar-refractivity contribution is 0.202. The van der Waals surface area contributed by atoms with Crippen molar-refractivity contribution in [1.82, 2.24) is 10.6 Å². The Hall–Kier alpha value is -1.55. The Morgan fingerprint density at radius 2 is 2.10 bits per heavy atom. The molecule has 1 aliphatic carbocycles. The van der Waals surface area contributed by atoms with Crippen LogP contribution in [0.25, 0.3) is 0 Å². The molecule has 110 valence electrons. The highest BCUT2D eigenvalue weighted by atomic mass is 16.3. The molecule has 2 amide bonds. The van der Waals surface area contributed by atoms with Gasteiger partial charge in [0.1, 0.15) is 0 Å². The Bertz CT molecular complexity index is 452. The minimum absolute atomic E-state index is 0.0135. The Morgan fingerprint density at radius 1 is 1.40 bits per heavy atom. The number of benzene rings is 1. The molecular weight excluding hydrogens is 252 g/mol. The first-order valence-electron chi connectivity index (χ1n) is 7.37. The quantitative estimate of drug-likeness (QED) is 0.773. The lowest BCUT2D eigenvalue weighted by Gasteiger charge is -2.37. The molecule has 1 fully saturated rings. The molecule has 1 aromatic carbocycles. The third kappa shape index (κ3) is 3.51. The van der Waals surface area contributed by atoms with Crippen LogP contribution in [0.3, 0.4) is 0 Å². The van der Waals surface area contributed by atoms with E-state index in [9.17, 15) is 4.79 Å². The number of carbonyl (C=O) groups is 1. The largest absolute Gasteiger partial charge is 0.394 e. The fourth-order valence-electron chi connectivity index (χ4n) is 2.72. The van der Waals surface area contributed by atoms with Crippen molar-refractivity contribution in [3.63, 3.8) is 0 Å². The van der Waals surface area contributed by atoms with E-state index < -0.39 is 0 Å². The summed E-state index contributed by atoms with van der Waals surface area (Å²) in [5.74, 6) is 0.557. The average Bonchev–Trinajstić information content (AvgIpc) is 2.41. The van der Waals surface area contributed by atoms with E-state index in [1.165, 1.54) is 11.1 Å². The molecule has 0 spiro atoms. The number of rotatable bonds is 5. The van der Waals surface area contributed by atoms with Gasteiger partial charge in [-0.2, -0.15) is 0 Å². The Labute approximate surface area is 120 Å². The van der Waals surface area contributed by atoms with E-state index in [1.807, 2.05) is 6.92 Å². The smallest absolute Gasteiger partial charge is 0.315 e. The molecule has 1 saturated carbocycles. The first-order chi connectivity index (χ1) is 9.63. The second-order valence-electron chi connectivity index (χ2n) is 5.63. The van der Waals surface area contributed by atoms with Crippen molar-refractivity contribution in [3.8, 4) is 0 Å². The third-order valence-electron chi connectivity index (χ3n) is 4.15. The molecule has 1 atom stereocenters. The fraction of sp³-hybridized carbons (Fsp3) is 0.562. The predicted octanol–water partition coefficient (Wildman–Crippen LogP) is 2.31. The van der Waals surface area contributed by atoms with Crippen LogP contribution in [0.5, 0.6) is 0 Å². The molecule has 0 unspecified atom stereocenters. The number of carbonyl (C=O) groups excluding carboxylic acids is 1.